The van der Waals surface area contributed by atoms with E-state index in [-0.39, 0.29) is 5.84 Å². The maximum atomic E-state index is 7.46. The molecule has 1 aromatic carbocycles. The van der Waals surface area contributed by atoms with Gasteiger partial charge in [-0.3, -0.25) is 5.41 Å². The van der Waals surface area contributed by atoms with Crippen LogP contribution in [0.1, 0.15) is 23.1 Å². The maximum Gasteiger partial charge on any atom is 0.125 e. The second-order valence-corrected chi connectivity index (χ2v) is 4.89. The summed E-state index contributed by atoms with van der Waals surface area (Å²) >= 11 is 0. The fourth-order valence-corrected chi connectivity index (χ4v) is 2.25. The first kappa shape index (κ1) is 12.9. The number of nitrogens with two attached hydrogens (primary N) is 1. The molecule has 18 heavy (non-hydrogen) atoms. The van der Waals surface area contributed by atoms with Gasteiger partial charge in [-0.25, -0.2) is 0 Å². The summed E-state index contributed by atoms with van der Waals surface area (Å²) in [5.41, 5.74) is 8.31. The molecule has 0 radical (unpaired) electrons. The van der Waals surface area contributed by atoms with Crippen LogP contribution in [0.15, 0.2) is 12.1 Å². The third-order valence-corrected chi connectivity index (χ3v) is 3.26. The Morgan fingerprint density at radius 3 is 2.61 bits per heavy atom. The minimum atomic E-state index is 0.0944. The molecule has 1 heterocycles. The molecule has 4 heteroatoms. The number of rotatable bonds is 4. The highest BCUT2D eigenvalue weighted by Gasteiger charge is 2.17. The van der Waals surface area contributed by atoms with Gasteiger partial charge in [0.1, 0.15) is 11.6 Å². The molecule has 0 aliphatic carbocycles. The number of nitrogens with one attached hydrogen (secondary N) is 1. The topological polar surface area (TPSA) is 68.3 Å². The van der Waals surface area contributed by atoms with Crippen molar-refractivity contribution in [1.29, 1.82) is 5.41 Å². The smallest absolute Gasteiger partial charge is 0.125 e. The Balaban J connectivity index is 2.10. The summed E-state index contributed by atoms with van der Waals surface area (Å²) in [6.07, 6.45) is 1.07. The summed E-state index contributed by atoms with van der Waals surface area (Å²) in [6.45, 7) is 6.31. The highest BCUT2D eigenvalue weighted by molar-refractivity contribution is 5.95. The van der Waals surface area contributed by atoms with Gasteiger partial charge < -0.3 is 15.2 Å². The minimum Gasteiger partial charge on any atom is -0.493 e. The van der Waals surface area contributed by atoms with Gasteiger partial charge in [-0.1, -0.05) is 0 Å². The van der Waals surface area contributed by atoms with Crippen molar-refractivity contribution >= 4 is 5.84 Å². The van der Waals surface area contributed by atoms with Crippen LogP contribution in [0.25, 0.3) is 0 Å². The van der Waals surface area contributed by atoms with Crippen molar-refractivity contribution in [3.8, 4) is 5.75 Å². The molecule has 2 rings (SSSR count). The summed E-state index contributed by atoms with van der Waals surface area (Å²) in [4.78, 5) is 0. The molecule has 1 unspecified atom stereocenters. The third-order valence-electron chi connectivity index (χ3n) is 3.26. The predicted octanol–water partition coefficient (Wildman–Crippen LogP) is 2.00. The summed E-state index contributed by atoms with van der Waals surface area (Å²) in [5, 5.41) is 7.46. The monoisotopic (exact) mass is 248 g/mol. The Labute approximate surface area is 108 Å². The summed E-state index contributed by atoms with van der Waals surface area (Å²) < 4.78 is 11.2. The number of nitrogen functional groups attached to an aromatic ring is 1. The number of amidine groups is 1. The second-order valence-electron chi connectivity index (χ2n) is 4.89. The van der Waals surface area contributed by atoms with Crippen molar-refractivity contribution in [3.05, 3.63) is 28.8 Å². The average Bonchev–Trinajstić information content (AvgIpc) is 2.80. The lowest BCUT2D eigenvalue weighted by Crippen LogP contribution is -2.14. The van der Waals surface area contributed by atoms with Crippen LogP contribution in [0.4, 0.5) is 0 Å². The molecule has 1 fully saturated rings. The van der Waals surface area contributed by atoms with Crippen molar-refractivity contribution in [1.82, 2.24) is 0 Å². The van der Waals surface area contributed by atoms with Crippen LogP contribution in [0, 0.1) is 25.2 Å². The van der Waals surface area contributed by atoms with Crippen LogP contribution in [-0.2, 0) is 4.74 Å². The lowest BCUT2D eigenvalue weighted by molar-refractivity contribution is 0.166. The van der Waals surface area contributed by atoms with Crippen LogP contribution in [-0.4, -0.2) is 25.7 Å². The van der Waals surface area contributed by atoms with Crippen molar-refractivity contribution in [2.24, 2.45) is 11.7 Å². The molecular weight excluding hydrogens is 228 g/mol. The normalized spacial score (nSPS) is 18.9. The van der Waals surface area contributed by atoms with E-state index in [4.69, 9.17) is 20.6 Å². The van der Waals surface area contributed by atoms with E-state index in [9.17, 15) is 0 Å². The predicted molar refractivity (Wildman–Crippen MR) is 71.4 cm³/mol. The lowest BCUT2D eigenvalue weighted by Gasteiger charge is -2.16. The van der Waals surface area contributed by atoms with Crippen LogP contribution in [0.3, 0.4) is 0 Å². The summed E-state index contributed by atoms with van der Waals surface area (Å²) in [6, 6.07) is 3.80. The highest BCUT2D eigenvalue weighted by atomic mass is 16.5. The van der Waals surface area contributed by atoms with Crippen molar-refractivity contribution in [2.45, 2.75) is 20.3 Å². The van der Waals surface area contributed by atoms with Gasteiger partial charge in [-0.2, -0.15) is 0 Å². The zero-order chi connectivity index (χ0) is 13.1. The van der Waals surface area contributed by atoms with Gasteiger partial charge >= 0.3 is 0 Å². The Kier molecular flexibility index (Phi) is 3.87. The molecule has 1 atom stereocenters. The first-order chi connectivity index (χ1) is 8.58. The fraction of sp³-hybridized carbons (Fsp3) is 0.500. The first-order valence-electron chi connectivity index (χ1n) is 6.24. The van der Waals surface area contributed by atoms with E-state index in [0.29, 0.717) is 12.5 Å². The molecular formula is C14H20N2O2. The molecule has 1 aliphatic rings. The van der Waals surface area contributed by atoms with Crippen LogP contribution in [0.5, 0.6) is 5.75 Å². The molecule has 3 N–H and O–H groups in total. The van der Waals surface area contributed by atoms with E-state index in [0.717, 1.165) is 42.1 Å². The standard InChI is InChI=1S/C14H20N2O2/c1-9-5-12(14(15)16)6-10(2)13(9)18-8-11-3-4-17-7-11/h5-6,11H,3-4,7-8H2,1-2H3,(H3,15,16). The molecule has 1 aliphatic heterocycles. The van der Waals surface area contributed by atoms with Gasteiger partial charge in [-0.05, 0) is 43.5 Å². The minimum absolute atomic E-state index is 0.0944. The second kappa shape index (κ2) is 5.40. The molecule has 98 valence electrons. The molecule has 1 saturated heterocycles. The van der Waals surface area contributed by atoms with Crippen LogP contribution >= 0.6 is 0 Å². The Morgan fingerprint density at radius 2 is 2.11 bits per heavy atom. The number of benzene rings is 1. The van der Waals surface area contributed by atoms with Crippen molar-refractivity contribution < 1.29 is 9.47 Å². The van der Waals surface area contributed by atoms with E-state index < -0.39 is 0 Å². The average molecular weight is 248 g/mol. The quantitative estimate of drug-likeness (QED) is 0.632. The molecule has 0 spiro atoms. The number of ether oxygens (including phenoxy) is 2. The molecule has 0 bridgehead atoms. The number of aryl methyl sites for hydroxylation is 2. The first-order valence-corrected chi connectivity index (χ1v) is 6.24. The highest BCUT2D eigenvalue weighted by Crippen LogP contribution is 2.26. The molecule has 0 aromatic heterocycles. The zero-order valence-corrected chi connectivity index (χ0v) is 11.0. The molecule has 1 aromatic rings. The SMILES string of the molecule is Cc1cc(C(=N)N)cc(C)c1OCC1CCOC1. The largest absolute Gasteiger partial charge is 0.493 e. The van der Waals surface area contributed by atoms with Crippen molar-refractivity contribution in [2.75, 3.05) is 19.8 Å². The van der Waals surface area contributed by atoms with E-state index in [1.165, 1.54) is 0 Å². The molecule has 0 saturated carbocycles. The fourth-order valence-electron chi connectivity index (χ4n) is 2.25. The Bertz CT molecular complexity index is 428. The van der Waals surface area contributed by atoms with E-state index in [1.54, 1.807) is 0 Å². The number of hydrogen-bond acceptors (Lipinski definition) is 3. The summed E-state index contributed by atoms with van der Waals surface area (Å²) in [7, 11) is 0. The van der Waals surface area contributed by atoms with Gasteiger partial charge in [0.05, 0.1) is 13.2 Å². The van der Waals surface area contributed by atoms with Gasteiger partial charge in [0.15, 0.2) is 0 Å². The maximum absolute atomic E-state index is 7.46. The van der Waals surface area contributed by atoms with Crippen LogP contribution < -0.4 is 10.5 Å². The Hall–Kier alpha value is -1.55. The molecule has 4 nitrogen and oxygen atoms in total. The van der Waals surface area contributed by atoms with E-state index in [1.807, 2.05) is 26.0 Å². The van der Waals surface area contributed by atoms with Gasteiger partial charge in [0.2, 0.25) is 0 Å². The van der Waals surface area contributed by atoms with E-state index in [2.05, 4.69) is 0 Å². The van der Waals surface area contributed by atoms with Gasteiger partial charge in [0.25, 0.3) is 0 Å². The molecule has 0 amide bonds. The lowest BCUT2D eigenvalue weighted by atomic mass is 10.0. The van der Waals surface area contributed by atoms with Crippen molar-refractivity contribution in [3.63, 3.8) is 0 Å². The van der Waals surface area contributed by atoms with E-state index >= 15 is 0 Å². The third kappa shape index (κ3) is 2.82. The zero-order valence-electron chi connectivity index (χ0n) is 11.0. The van der Waals surface area contributed by atoms with Gasteiger partial charge in [-0.15, -0.1) is 0 Å². The Morgan fingerprint density at radius 1 is 1.44 bits per heavy atom. The van der Waals surface area contributed by atoms with Gasteiger partial charge in [0, 0.05) is 18.1 Å². The summed E-state index contributed by atoms with van der Waals surface area (Å²) in [5.74, 6) is 1.50. The number of hydrogen-bond donors (Lipinski definition) is 2. The van der Waals surface area contributed by atoms with Crippen LogP contribution in [0.2, 0.25) is 0 Å².